The summed E-state index contributed by atoms with van der Waals surface area (Å²) in [5.74, 6) is 0. The Morgan fingerprint density at radius 1 is 0.947 bits per heavy atom. The lowest BCUT2D eigenvalue weighted by molar-refractivity contribution is 0.491. The predicted octanol–water partition coefficient (Wildman–Crippen LogP) is 0.671. The van der Waals surface area contributed by atoms with E-state index in [4.69, 9.17) is 0 Å². The van der Waals surface area contributed by atoms with Crippen LogP contribution in [0, 0.1) is 0 Å². The maximum atomic E-state index is 12.1. The van der Waals surface area contributed by atoms with E-state index in [2.05, 4.69) is 9.44 Å². The fourth-order valence-electron chi connectivity index (χ4n) is 1.39. The molecule has 19 heavy (non-hydrogen) atoms. The first-order valence-electron chi connectivity index (χ1n) is 5.55. The molecule has 0 radical (unpaired) electrons. The van der Waals surface area contributed by atoms with Gasteiger partial charge in [-0.1, -0.05) is 6.07 Å². The summed E-state index contributed by atoms with van der Waals surface area (Å²) in [5.41, 5.74) is -0.642. The molecule has 1 aromatic carbocycles. The van der Waals surface area contributed by atoms with Gasteiger partial charge in [0.25, 0.3) is 0 Å². The highest BCUT2D eigenvalue weighted by molar-refractivity contribution is 7.90. The maximum absolute atomic E-state index is 12.1. The average molecular weight is 306 g/mol. The Bertz CT molecular complexity index is 658. The minimum Gasteiger partial charge on any atom is -0.214 e. The molecule has 0 aliphatic heterocycles. The number of sulfonamides is 2. The summed E-state index contributed by atoms with van der Waals surface area (Å²) in [6.45, 7) is 5.12. The van der Waals surface area contributed by atoms with E-state index in [1.165, 1.54) is 25.2 Å². The average Bonchev–Trinajstić information content (AvgIpc) is 2.26. The van der Waals surface area contributed by atoms with Crippen LogP contribution in [0.2, 0.25) is 0 Å². The van der Waals surface area contributed by atoms with Crippen molar-refractivity contribution in [2.24, 2.45) is 0 Å². The summed E-state index contributed by atoms with van der Waals surface area (Å²) >= 11 is 0. The minimum absolute atomic E-state index is 0.0845. The first kappa shape index (κ1) is 16.1. The molecule has 0 saturated carbocycles. The molecular weight excluding hydrogens is 288 g/mol. The first-order chi connectivity index (χ1) is 8.48. The summed E-state index contributed by atoms with van der Waals surface area (Å²) in [5, 5.41) is 0. The van der Waals surface area contributed by atoms with Gasteiger partial charge in [-0.15, -0.1) is 0 Å². The fourth-order valence-corrected chi connectivity index (χ4v) is 3.70. The van der Waals surface area contributed by atoms with Crippen LogP contribution in [0.5, 0.6) is 0 Å². The van der Waals surface area contributed by atoms with E-state index in [1.807, 2.05) is 0 Å². The van der Waals surface area contributed by atoms with Crippen LogP contribution >= 0.6 is 0 Å². The maximum Gasteiger partial charge on any atom is 0.241 e. The highest BCUT2D eigenvalue weighted by atomic mass is 32.2. The van der Waals surface area contributed by atoms with Gasteiger partial charge in [-0.05, 0) is 46.0 Å². The van der Waals surface area contributed by atoms with Gasteiger partial charge in [0, 0.05) is 5.54 Å². The van der Waals surface area contributed by atoms with Crippen LogP contribution in [0.4, 0.5) is 0 Å². The number of hydrogen-bond donors (Lipinski definition) is 2. The van der Waals surface area contributed by atoms with Gasteiger partial charge in [-0.2, -0.15) is 0 Å². The molecule has 0 unspecified atom stereocenters. The van der Waals surface area contributed by atoms with Crippen molar-refractivity contribution in [2.75, 3.05) is 7.05 Å². The highest BCUT2D eigenvalue weighted by Crippen LogP contribution is 2.17. The monoisotopic (exact) mass is 306 g/mol. The van der Waals surface area contributed by atoms with Crippen molar-refractivity contribution in [3.63, 3.8) is 0 Å². The molecule has 1 aromatic rings. The second-order valence-corrected chi connectivity index (χ2v) is 8.61. The highest BCUT2D eigenvalue weighted by Gasteiger charge is 2.23. The summed E-state index contributed by atoms with van der Waals surface area (Å²) in [7, 11) is -6.15. The molecule has 0 aliphatic carbocycles. The van der Waals surface area contributed by atoms with Crippen molar-refractivity contribution in [2.45, 2.75) is 36.1 Å². The molecule has 2 N–H and O–H groups in total. The van der Waals surface area contributed by atoms with Gasteiger partial charge in [0.2, 0.25) is 20.0 Å². The minimum atomic E-state index is -3.75. The Hall–Kier alpha value is -0.960. The number of rotatable bonds is 4. The fraction of sp³-hybridized carbons (Fsp3) is 0.455. The molecule has 6 nitrogen and oxygen atoms in total. The molecule has 108 valence electrons. The summed E-state index contributed by atoms with van der Waals surface area (Å²) < 4.78 is 52.1. The quantitative estimate of drug-likeness (QED) is 0.855. The van der Waals surface area contributed by atoms with E-state index < -0.39 is 25.6 Å². The van der Waals surface area contributed by atoms with Crippen LogP contribution < -0.4 is 9.44 Å². The van der Waals surface area contributed by atoms with Crippen molar-refractivity contribution in [3.8, 4) is 0 Å². The molecule has 0 aliphatic rings. The van der Waals surface area contributed by atoms with Crippen LogP contribution in [-0.4, -0.2) is 29.4 Å². The molecule has 0 fully saturated rings. The molecule has 0 bridgehead atoms. The Morgan fingerprint density at radius 2 is 1.42 bits per heavy atom. The van der Waals surface area contributed by atoms with Gasteiger partial charge in [0.05, 0.1) is 9.79 Å². The molecule has 1 rings (SSSR count). The second kappa shape index (κ2) is 5.20. The Morgan fingerprint density at radius 3 is 1.84 bits per heavy atom. The van der Waals surface area contributed by atoms with Crippen molar-refractivity contribution >= 4 is 20.0 Å². The number of nitrogens with one attached hydrogen (secondary N) is 2. The van der Waals surface area contributed by atoms with Crippen molar-refractivity contribution < 1.29 is 16.8 Å². The number of benzene rings is 1. The van der Waals surface area contributed by atoms with Crippen LogP contribution in [-0.2, 0) is 20.0 Å². The standard InChI is InChI=1S/C11H18N2O4S2/c1-11(2,3)13-19(16,17)10-7-5-6-9(8-10)18(14,15)12-4/h5-8,12-13H,1-4H3. The van der Waals surface area contributed by atoms with E-state index in [0.29, 0.717) is 0 Å². The lowest BCUT2D eigenvalue weighted by atomic mass is 10.1. The van der Waals surface area contributed by atoms with Crippen LogP contribution in [0.25, 0.3) is 0 Å². The third kappa shape index (κ3) is 4.27. The predicted molar refractivity (Wildman–Crippen MR) is 72.8 cm³/mol. The van der Waals surface area contributed by atoms with Crippen LogP contribution in [0.1, 0.15) is 20.8 Å². The zero-order valence-corrected chi connectivity index (χ0v) is 12.9. The van der Waals surface area contributed by atoms with Crippen LogP contribution in [0.15, 0.2) is 34.1 Å². The summed E-state index contributed by atoms with van der Waals surface area (Å²) in [4.78, 5) is -0.175. The van der Waals surface area contributed by atoms with E-state index in [1.54, 1.807) is 20.8 Å². The Kier molecular flexibility index (Phi) is 4.40. The normalized spacial score (nSPS) is 13.5. The molecule has 0 aromatic heterocycles. The van der Waals surface area contributed by atoms with E-state index in [9.17, 15) is 16.8 Å². The lowest BCUT2D eigenvalue weighted by Gasteiger charge is -2.20. The molecule has 0 spiro atoms. The van der Waals surface area contributed by atoms with E-state index >= 15 is 0 Å². The molecule has 0 amide bonds. The van der Waals surface area contributed by atoms with Crippen LogP contribution in [0.3, 0.4) is 0 Å². The molecule has 0 saturated heterocycles. The van der Waals surface area contributed by atoms with Crippen molar-refractivity contribution in [1.29, 1.82) is 0 Å². The van der Waals surface area contributed by atoms with Gasteiger partial charge in [0.1, 0.15) is 0 Å². The molecular formula is C11H18N2O4S2. The van der Waals surface area contributed by atoms with Gasteiger partial charge < -0.3 is 0 Å². The first-order valence-corrected chi connectivity index (χ1v) is 8.52. The molecule has 0 heterocycles. The van der Waals surface area contributed by atoms with Gasteiger partial charge in [-0.3, -0.25) is 0 Å². The number of hydrogen-bond acceptors (Lipinski definition) is 4. The SMILES string of the molecule is CNS(=O)(=O)c1cccc(S(=O)(=O)NC(C)(C)C)c1. The largest absolute Gasteiger partial charge is 0.241 e. The van der Waals surface area contributed by atoms with Gasteiger partial charge in [-0.25, -0.2) is 26.3 Å². The van der Waals surface area contributed by atoms with Crippen molar-refractivity contribution in [3.05, 3.63) is 24.3 Å². The van der Waals surface area contributed by atoms with Gasteiger partial charge in [0.15, 0.2) is 0 Å². The summed E-state index contributed by atoms with van der Waals surface area (Å²) in [6.07, 6.45) is 0. The van der Waals surface area contributed by atoms with Gasteiger partial charge >= 0.3 is 0 Å². The second-order valence-electron chi connectivity index (χ2n) is 5.04. The van der Waals surface area contributed by atoms with Crippen molar-refractivity contribution in [1.82, 2.24) is 9.44 Å². The Labute approximate surface area is 114 Å². The Balaban J connectivity index is 3.28. The smallest absolute Gasteiger partial charge is 0.214 e. The zero-order valence-electron chi connectivity index (χ0n) is 11.3. The third-order valence-corrected chi connectivity index (χ3v) is 5.30. The topological polar surface area (TPSA) is 92.3 Å². The molecule has 0 atom stereocenters. The van der Waals surface area contributed by atoms with E-state index in [-0.39, 0.29) is 9.79 Å². The van der Waals surface area contributed by atoms with E-state index in [0.717, 1.165) is 6.07 Å². The zero-order chi connectivity index (χ0) is 14.9. The third-order valence-electron chi connectivity index (χ3n) is 2.14. The molecule has 8 heteroatoms. The lowest BCUT2D eigenvalue weighted by Crippen LogP contribution is -2.40. The summed E-state index contributed by atoms with van der Waals surface area (Å²) in [6, 6.07) is 5.20.